The number of hydrogen-bond donors (Lipinski definition) is 0. The molecule has 122 valence electrons. The van der Waals surface area contributed by atoms with E-state index in [4.69, 9.17) is 4.74 Å². The first kappa shape index (κ1) is 16.9. The van der Waals surface area contributed by atoms with E-state index in [1.807, 2.05) is 20.8 Å². The van der Waals surface area contributed by atoms with Gasteiger partial charge in [-0.3, -0.25) is 4.79 Å². The van der Waals surface area contributed by atoms with Crippen molar-refractivity contribution < 1.29 is 18.3 Å². The normalized spacial score (nSPS) is 19.3. The summed E-state index contributed by atoms with van der Waals surface area (Å²) < 4.78 is 32.4. The number of nitrogens with zero attached hydrogens (tertiary/aromatic N) is 1. The Kier molecular flexibility index (Phi) is 5.16. The Hall–Kier alpha value is -1.49. The zero-order valence-corrected chi connectivity index (χ0v) is 13.4. The van der Waals surface area contributed by atoms with Crippen LogP contribution in [0.25, 0.3) is 0 Å². The van der Waals surface area contributed by atoms with Crippen LogP contribution in [0.4, 0.5) is 8.78 Å². The fourth-order valence-corrected chi connectivity index (χ4v) is 2.59. The SMILES string of the molecule is CC(C)(C)C(=O)N1CCC[C@H](OCc2cc(F)ccc2F)C1. The number of likely N-dealkylation sites (tertiary alicyclic amines) is 1. The molecule has 1 aliphatic rings. The number of ether oxygens (including phenoxy) is 1. The summed E-state index contributed by atoms with van der Waals surface area (Å²) in [4.78, 5) is 14.1. The lowest BCUT2D eigenvalue weighted by Crippen LogP contribution is -2.47. The van der Waals surface area contributed by atoms with Crippen LogP contribution in [-0.4, -0.2) is 30.0 Å². The molecule has 0 aliphatic carbocycles. The maximum atomic E-state index is 13.6. The number of carbonyl (C=O) groups excluding carboxylic acids is 1. The van der Waals surface area contributed by atoms with Gasteiger partial charge >= 0.3 is 0 Å². The summed E-state index contributed by atoms with van der Waals surface area (Å²) in [7, 11) is 0. The van der Waals surface area contributed by atoms with E-state index in [9.17, 15) is 13.6 Å². The average molecular weight is 311 g/mol. The Balaban J connectivity index is 1.93. The van der Waals surface area contributed by atoms with Crippen LogP contribution in [0.1, 0.15) is 39.2 Å². The van der Waals surface area contributed by atoms with E-state index < -0.39 is 17.0 Å². The third-order valence-electron chi connectivity index (χ3n) is 3.79. The Morgan fingerprint density at radius 2 is 2.09 bits per heavy atom. The van der Waals surface area contributed by atoms with Crippen LogP contribution in [0.5, 0.6) is 0 Å². The zero-order chi connectivity index (χ0) is 16.3. The summed E-state index contributed by atoms with van der Waals surface area (Å²) in [5.74, 6) is -0.856. The standard InChI is InChI=1S/C17H23F2NO2/c1-17(2,3)16(21)20-8-4-5-14(10-20)22-11-12-9-13(18)6-7-15(12)19/h6-7,9,14H,4-5,8,10-11H2,1-3H3/t14-/m0/s1. The van der Waals surface area contributed by atoms with Gasteiger partial charge in [0.15, 0.2) is 0 Å². The van der Waals surface area contributed by atoms with Gasteiger partial charge in [0.25, 0.3) is 0 Å². The molecule has 0 bridgehead atoms. The summed E-state index contributed by atoms with van der Waals surface area (Å²) in [5.41, 5.74) is -0.212. The molecular formula is C17H23F2NO2. The lowest BCUT2D eigenvalue weighted by molar-refractivity contribution is -0.143. The van der Waals surface area contributed by atoms with Gasteiger partial charge in [0.2, 0.25) is 5.91 Å². The van der Waals surface area contributed by atoms with E-state index in [2.05, 4.69) is 0 Å². The lowest BCUT2D eigenvalue weighted by Gasteiger charge is -2.36. The first-order chi connectivity index (χ1) is 10.3. The third kappa shape index (κ3) is 4.26. The van der Waals surface area contributed by atoms with Crippen LogP contribution in [-0.2, 0) is 16.1 Å². The molecule has 0 unspecified atom stereocenters. The molecule has 2 rings (SSSR count). The van der Waals surface area contributed by atoms with Crippen molar-refractivity contribution in [3.63, 3.8) is 0 Å². The van der Waals surface area contributed by atoms with Crippen molar-refractivity contribution in [1.82, 2.24) is 4.90 Å². The highest BCUT2D eigenvalue weighted by molar-refractivity contribution is 5.81. The predicted octanol–water partition coefficient (Wildman–Crippen LogP) is 3.52. The van der Waals surface area contributed by atoms with Crippen LogP contribution in [0, 0.1) is 17.0 Å². The number of rotatable bonds is 3. The molecular weight excluding hydrogens is 288 g/mol. The first-order valence-electron chi connectivity index (χ1n) is 7.62. The summed E-state index contributed by atoms with van der Waals surface area (Å²) in [6.07, 6.45) is 1.55. The maximum absolute atomic E-state index is 13.6. The number of carbonyl (C=O) groups is 1. The number of halogens is 2. The molecule has 1 aromatic carbocycles. The van der Waals surface area contributed by atoms with E-state index in [1.54, 1.807) is 4.90 Å². The minimum atomic E-state index is -0.479. The molecule has 22 heavy (non-hydrogen) atoms. The number of benzene rings is 1. The summed E-state index contributed by atoms with van der Waals surface area (Å²) in [5, 5.41) is 0. The molecule has 0 saturated carbocycles. The quantitative estimate of drug-likeness (QED) is 0.855. The molecule has 1 atom stereocenters. The predicted molar refractivity (Wildman–Crippen MR) is 80.2 cm³/mol. The maximum Gasteiger partial charge on any atom is 0.228 e. The van der Waals surface area contributed by atoms with Gasteiger partial charge in [0.05, 0.1) is 12.7 Å². The Labute approximate surface area is 130 Å². The minimum Gasteiger partial charge on any atom is -0.372 e. The lowest BCUT2D eigenvalue weighted by atomic mass is 9.93. The fourth-order valence-electron chi connectivity index (χ4n) is 2.59. The minimum absolute atomic E-state index is 0.0197. The summed E-state index contributed by atoms with van der Waals surface area (Å²) in [6, 6.07) is 3.34. The van der Waals surface area contributed by atoms with Crippen molar-refractivity contribution in [2.45, 2.75) is 46.3 Å². The molecule has 3 nitrogen and oxygen atoms in total. The van der Waals surface area contributed by atoms with Crippen LogP contribution in [0.15, 0.2) is 18.2 Å². The number of piperidine rings is 1. The van der Waals surface area contributed by atoms with Crippen molar-refractivity contribution in [2.75, 3.05) is 13.1 Å². The van der Waals surface area contributed by atoms with Crippen LogP contribution < -0.4 is 0 Å². The smallest absolute Gasteiger partial charge is 0.228 e. The highest BCUT2D eigenvalue weighted by Gasteiger charge is 2.31. The van der Waals surface area contributed by atoms with Gasteiger partial charge in [-0.1, -0.05) is 20.8 Å². The van der Waals surface area contributed by atoms with Crippen LogP contribution >= 0.6 is 0 Å². The second-order valence-electron chi connectivity index (χ2n) is 6.81. The summed E-state index contributed by atoms with van der Waals surface area (Å²) in [6.45, 7) is 6.93. The van der Waals surface area contributed by atoms with Crippen molar-refractivity contribution in [1.29, 1.82) is 0 Å². The zero-order valence-electron chi connectivity index (χ0n) is 13.4. The second-order valence-corrected chi connectivity index (χ2v) is 6.81. The molecule has 0 aromatic heterocycles. The first-order valence-corrected chi connectivity index (χ1v) is 7.62. The van der Waals surface area contributed by atoms with Gasteiger partial charge in [-0.25, -0.2) is 8.78 Å². The molecule has 5 heteroatoms. The highest BCUT2D eigenvalue weighted by atomic mass is 19.1. The van der Waals surface area contributed by atoms with E-state index in [-0.39, 0.29) is 24.2 Å². The van der Waals surface area contributed by atoms with Crippen LogP contribution in [0.2, 0.25) is 0 Å². The molecule has 0 N–H and O–H groups in total. The van der Waals surface area contributed by atoms with E-state index in [0.29, 0.717) is 6.54 Å². The monoisotopic (exact) mass is 311 g/mol. The highest BCUT2D eigenvalue weighted by Crippen LogP contribution is 2.23. The topological polar surface area (TPSA) is 29.5 Å². The summed E-state index contributed by atoms with van der Waals surface area (Å²) >= 11 is 0. The molecule has 1 aliphatic heterocycles. The van der Waals surface area contributed by atoms with Gasteiger partial charge in [-0.15, -0.1) is 0 Å². The Morgan fingerprint density at radius 3 is 2.77 bits per heavy atom. The van der Waals surface area contributed by atoms with Crippen molar-refractivity contribution in [3.05, 3.63) is 35.4 Å². The Bertz CT molecular complexity index is 540. The number of hydrogen-bond acceptors (Lipinski definition) is 2. The van der Waals surface area contributed by atoms with Gasteiger partial charge in [0.1, 0.15) is 11.6 Å². The van der Waals surface area contributed by atoms with Crippen molar-refractivity contribution in [3.8, 4) is 0 Å². The third-order valence-corrected chi connectivity index (χ3v) is 3.79. The van der Waals surface area contributed by atoms with Gasteiger partial charge in [0, 0.05) is 24.1 Å². The van der Waals surface area contributed by atoms with Gasteiger partial charge in [-0.05, 0) is 31.0 Å². The fraction of sp³-hybridized carbons (Fsp3) is 0.588. The van der Waals surface area contributed by atoms with Gasteiger partial charge in [-0.2, -0.15) is 0 Å². The van der Waals surface area contributed by atoms with Crippen LogP contribution in [0.3, 0.4) is 0 Å². The Morgan fingerprint density at radius 1 is 1.36 bits per heavy atom. The number of amides is 1. The molecule has 1 heterocycles. The average Bonchev–Trinajstić information content (AvgIpc) is 2.47. The van der Waals surface area contributed by atoms with Gasteiger partial charge < -0.3 is 9.64 Å². The van der Waals surface area contributed by atoms with Crippen molar-refractivity contribution >= 4 is 5.91 Å². The van der Waals surface area contributed by atoms with E-state index >= 15 is 0 Å². The largest absolute Gasteiger partial charge is 0.372 e. The molecule has 1 aromatic rings. The molecule has 0 radical (unpaired) electrons. The second kappa shape index (κ2) is 6.73. The van der Waals surface area contributed by atoms with Crippen molar-refractivity contribution in [2.24, 2.45) is 5.41 Å². The molecule has 0 spiro atoms. The van der Waals surface area contributed by atoms with E-state index in [0.717, 1.165) is 37.6 Å². The molecule has 1 saturated heterocycles. The van der Waals surface area contributed by atoms with E-state index in [1.165, 1.54) is 0 Å². The molecule has 1 amide bonds. The molecule has 1 fully saturated rings.